The van der Waals surface area contributed by atoms with Gasteiger partial charge in [0, 0.05) is 13.1 Å². The molecule has 0 radical (unpaired) electrons. The second-order valence-electron chi connectivity index (χ2n) is 4.74. The summed E-state index contributed by atoms with van der Waals surface area (Å²) >= 11 is 0. The molecule has 0 bridgehead atoms. The van der Waals surface area contributed by atoms with E-state index in [1.807, 2.05) is 11.8 Å². The highest BCUT2D eigenvalue weighted by molar-refractivity contribution is 14.0. The van der Waals surface area contributed by atoms with Gasteiger partial charge in [-0.1, -0.05) is 18.1 Å². The molecule has 1 aromatic carbocycles. The Hall–Kier alpha value is -1.33. The van der Waals surface area contributed by atoms with Crippen LogP contribution in [0.4, 0.5) is 4.39 Å². The van der Waals surface area contributed by atoms with Crippen molar-refractivity contribution >= 4 is 29.9 Å². The molecule has 1 heterocycles. The fraction of sp³-hybridized carbons (Fsp3) is 0.400. The van der Waals surface area contributed by atoms with Crippen LogP contribution >= 0.6 is 24.0 Å². The Morgan fingerprint density at radius 1 is 1.52 bits per heavy atom. The van der Waals surface area contributed by atoms with Crippen molar-refractivity contribution in [2.24, 2.45) is 10.7 Å². The molecule has 0 saturated carbocycles. The van der Waals surface area contributed by atoms with Gasteiger partial charge in [-0.3, -0.25) is 0 Å². The zero-order valence-corrected chi connectivity index (χ0v) is 14.2. The lowest BCUT2D eigenvalue weighted by molar-refractivity contribution is 0.00526. The summed E-state index contributed by atoms with van der Waals surface area (Å²) in [7, 11) is 0. The molecule has 0 aliphatic carbocycles. The maximum Gasteiger partial charge on any atom is 0.193 e. The van der Waals surface area contributed by atoms with Crippen LogP contribution in [0.1, 0.15) is 18.5 Å². The summed E-state index contributed by atoms with van der Waals surface area (Å²) in [5.74, 6) is 2.66. The molecule has 2 atom stereocenters. The van der Waals surface area contributed by atoms with Crippen LogP contribution < -0.4 is 5.73 Å². The predicted molar refractivity (Wildman–Crippen MR) is 92.0 cm³/mol. The molecule has 0 spiro atoms. The fourth-order valence-corrected chi connectivity index (χ4v) is 2.09. The third-order valence-corrected chi connectivity index (χ3v) is 3.17. The van der Waals surface area contributed by atoms with Crippen molar-refractivity contribution in [1.82, 2.24) is 4.90 Å². The summed E-state index contributed by atoms with van der Waals surface area (Å²) in [6.07, 6.45) is 5.62. The Balaban J connectivity index is 0.00000220. The zero-order valence-electron chi connectivity index (χ0n) is 11.8. The number of nitrogens with two attached hydrogens (primary N) is 1. The molecule has 1 aliphatic rings. The van der Waals surface area contributed by atoms with E-state index in [1.54, 1.807) is 12.1 Å². The highest BCUT2D eigenvalue weighted by Gasteiger charge is 2.19. The monoisotopic (exact) mass is 403 g/mol. The molecule has 1 aromatic rings. The lowest BCUT2D eigenvalue weighted by Crippen LogP contribution is -2.48. The minimum atomic E-state index is -0.506. The van der Waals surface area contributed by atoms with E-state index in [9.17, 15) is 4.39 Å². The normalized spacial score (nSPS) is 20.3. The third-order valence-electron chi connectivity index (χ3n) is 3.17. The number of rotatable bonds is 2. The maximum atomic E-state index is 12.9. The van der Waals surface area contributed by atoms with Crippen LogP contribution in [0.3, 0.4) is 0 Å². The van der Waals surface area contributed by atoms with E-state index in [0.29, 0.717) is 25.7 Å². The Morgan fingerprint density at radius 3 is 2.76 bits per heavy atom. The second-order valence-corrected chi connectivity index (χ2v) is 4.74. The molecule has 6 heteroatoms. The van der Waals surface area contributed by atoms with E-state index in [2.05, 4.69) is 10.9 Å². The van der Waals surface area contributed by atoms with E-state index in [-0.39, 0.29) is 35.9 Å². The van der Waals surface area contributed by atoms with E-state index < -0.39 is 6.04 Å². The van der Waals surface area contributed by atoms with Crippen molar-refractivity contribution in [1.29, 1.82) is 0 Å². The molecular formula is C15H19FIN3O. The van der Waals surface area contributed by atoms with Crippen molar-refractivity contribution < 1.29 is 9.13 Å². The van der Waals surface area contributed by atoms with Gasteiger partial charge in [0.25, 0.3) is 0 Å². The number of halogens is 2. The van der Waals surface area contributed by atoms with Gasteiger partial charge in [0.15, 0.2) is 5.96 Å². The highest BCUT2D eigenvalue weighted by Crippen LogP contribution is 2.17. The van der Waals surface area contributed by atoms with Gasteiger partial charge in [0.05, 0.1) is 12.7 Å². The number of hydrogen-bond donors (Lipinski definition) is 1. The number of hydrogen-bond acceptors (Lipinski definition) is 2. The SMILES string of the molecule is C#CC(N=C(N)N1CCOC(C)C1)c1ccc(F)cc1.I. The van der Waals surface area contributed by atoms with Crippen LogP contribution in [0.25, 0.3) is 0 Å². The topological polar surface area (TPSA) is 50.8 Å². The molecule has 1 fully saturated rings. The summed E-state index contributed by atoms with van der Waals surface area (Å²) in [6.45, 7) is 3.99. The minimum Gasteiger partial charge on any atom is -0.375 e. The van der Waals surface area contributed by atoms with Gasteiger partial charge in [-0.15, -0.1) is 30.4 Å². The van der Waals surface area contributed by atoms with Crippen molar-refractivity contribution in [2.45, 2.75) is 19.1 Å². The Morgan fingerprint density at radius 2 is 2.19 bits per heavy atom. The summed E-state index contributed by atoms with van der Waals surface area (Å²) in [4.78, 5) is 6.31. The van der Waals surface area contributed by atoms with Crippen LogP contribution in [-0.2, 0) is 4.74 Å². The van der Waals surface area contributed by atoms with Crippen LogP contribution in [0, 0.1) is 18.2 Å². The van der Waals surface area contributed by atoms with Crippen LogP contribution in [-0.4, -0.2) is 36.7 Å². The Bertz CT molecular complexity index is 527. The van der Waals surface area contributed by atoms with Gasteiger partial charge < -0.3 is 15.4 Å². The highest BCUT2D eigenvalue weighted by atomic mass is 127. The number of guanidine groups is 1. The molecule has 2 N–H and O–H groups in total. The molecule has 1 saturated heterocycles. The minimum absolute atomic E-state index is 0. The number of morpholine rings is 1. The average Bonchev–Trinajstić information content (AvgIpc) is 2.45. The fourth-order valence-electron chi connectivity index (χ4n) is 2.09. The van der Waals surface area contributed by atoms with E-state index in [0.717, 1.165) is 5.56 Å². The number of benzene rings is 1. The first-order chi connectivity index (χ1) is 9.60. The Labute approximate surface area is 141 Å². The number of ether oxygens (including phenoxy) is 1. The van der Waals surface area contributed by atoms with E-state index in [1.165, 1.54) is 12.1 Å². The molecule has 2 unspecified atom stereocenters. The molecule has 21 heavy (non-hydrogen) atoms. The summed E-state index contributed by atoms with van der Waals surface area (Å²) in [5, 5.41) is 0. The van der Waals surface area contributed by atoms with Gasteiger partial charge in [-0.2, -0.15) is 0 Å². The largest absolute Gasteiger partial charge is 0.375 e. The maximum absolute atomic E-state index is 12.9. The molecule has 4 nitrogen and oxygen atoms in total. The summed E-state index contributed by atoms with van der Waals surface area (Å²) in [5.41, 5.74) is 6.75. The lowest BCUT2D eigenvalue weighted by atomic mass is 10.1. The average molecular weight is 403 g/mol. The quantitative estimate of drug-likeness (QED) is 0.357. The van der Waals surface area contributed by atoms with Gasteiger partial charge in [0.2, 0.25) is 0 Å². The number of aliphatic imine (C=N–C) groups is 1. The van der Waals surface area contributed by atoms with Gasteiger partial charge in [0.1, 0.15) is 11.9 Å². The third kappa shape index (κ3) is 4.86. The smallest absolute Gasteiger partial charge is 0.193 e. The van der Waals surface area contributed by atoms with Crippen molar-refractivity contribution in [3.05, 3.63) is 35.6 Å². The van der Waals surface area contributed by atoms with Gasteiger partial charge >= 0.3 is 0 Å². The van der Waals surface area contributed by atoms with E-state index >= 15 is 0 Å². The van der Waals surface area contributed by atoms with Crippen molar-refractivity contribution in [3.8, 4) is 12.3 Å². The lowest BCUT2D eigenvalue weighted by Gasteiger charge is -2.32. The zero-order chi connectivity index (χ0) is 14.5. The van der Waals surface area contributed by atoms with Crippen LogP contribution in [0.5, 0.6) is 0 Å². The predicted octanol–water partition coefficient (Wildman–Crippen LogP) is 2.15. The molecule has 114 valence electrons. The first kappa shape index (κ1) is 17.7. The number of terminal acetylenes is 1. The standard InChI is InChI=1S/C15H18FN3O.HI/c1-3-14(12-4-6-13(16)7-5-12)18-15(17)19-8-9-20-11(2)10-19;/h1,4-7,11,14H,8-10H2,2H3,(H2,17,18);1H. The molecule has 0 aromatic heterocycles. The Kier molecular flexibility index (Phi) is 6.92. The molecule has 0 amide bonds. The van der Waals surface area contributed by atoms with E-state index in [4.69, 9.17) is 16.9 Å². The van der Waals surface area contributed by atoms with Crippen LogP contribution in [0.2, 0.25) is 0 Å². The molecule has 1 aliphatic heterocycles. The second kappa shape index (κ2) is 8.20. The first-order valence-electron chi connectivity index (χ1n) is 6.51. The van der Waals surface area contributed by atoms with Gasteiger partial charge in [-0.25, -0.2) is 9.38 Å². The number of nitrogens with zero attached hydrogens (tertiary/aromatic N) is 2. The van der Waals surface area contributed by atoms with Crippen LogP contribution in [0.15, 0.2) is 29.3 Å². The van der Waals surface area contributed by atoms with Crippen molar-refractivity contribution in [3.63, 3.8) is 0 Å². The molecule has 2 rings (SSSR count). The molecular weight excluding hydrogens is 384 g/mol. The van der Waals surface area contributed by atoms with Crippen molar-refractivity contribution in [2.75, 3.05) is 19.7 Å². The van der Waals surface area contributed by atoms with Gasteiger partial charge in [-0.05, 0) is 24.6 Å². The first-order valence-corrected chi connectivity index (χ1v) is 6.51. The summed E-state index contributed by atoms with van der Waals surface area (Å²) in [6, 6.07) is 5.47. The summed E-state index contributed by atoms with van der Waals surface area (Å²) < 4.78 is 18.4.